The quantitative estimate of drug-likeness (QED) is 0.387. The molecule has 0 aliphatic heterocycles. The minimum atomic E-state index is 0.188. The lowest BCUT2D eigenvalue weighted by molar-refractivity contribution is 0.477. The van der Waals surface area contributed by atoms with Gasteiger partial charge < -0.3 is 10.9 Å². The number of para-hydroxylation sites is 1. The molecule has 0 unspecified atom stereocenters. The molecule has 0 aliphatic rings. The molecule has 0 fully saturated rings. The summed E-state index contributed by atoms with van der Waals surface area (Å²) in [5.41, 5.74) is 2.10. The summed E-state index contributed by atoms with van der Waals surface area (Å²) in [5, 5.41) is 19.7. The van der Waals surface area contributed by atoms with Gasteiger partial charge in [0.1, 0.15) is 5.75 Å². The highest BCUT2D eigenvalue weighted by Gasteiger charge is 2.09. The molecule has 4 N–H and O–H groups in total. The van der Waals surface area contributed by atoms with Crippen molar-refractivity contribution in [1.29, 1.82) is 0 Å². The monoisotopic (exact) mass is 202 g/mol. The molecule has 0 amide bonds. The number of aromatic hydroxyl groups is 1. The zero-order valence-corrected chi connectivity index (χ0v) is 7.88. The van der Waals surface area contributed by atoms with Crippen LogP contribution >= 0.6 is 0 Å². The molecule has 1 aromatic heterocycles. The van der Waals surface area contributed by atoms with Gasteiger partial charge in [-0.2, -0.15) is 10.2 Å². The Bertz CT molecular complexity index is 490. The van der Waals surface area contributed by atoms with Crippen molar-refractivity contribution in [2.24, 2.45) is 10.9 Å². The molecule has 0 aliphatic carbocycles. The molecule has 2 aromatic rings. The lowest BCUT2D eigenvalue weighted by Gasteiger charge is -2.01. The van der Waals surface area contributed by atoms with Crippen LogP contribution in [0.3, 0.4) is 0 Å². The fraction of sp³-hybridized carbons (Fsp3) is 0. The minimum Gasteiger partial charge on any atom is -0.507 e. The summed E-state index contributed by atoms with van der Waals surface area (Å²) in [6.07, 6.45) is 3.07. The normalized spacial score (nSPS) is 10.9. The maximum absolute atomic E-state index is 9.65. The Morgan fingerprint density at radius 3 is 2.93 bits per heavy atom. The topological polar surface area (TPSA) is 87.3 Å². The lowest BCUT2D eigenvalue weighted by atomic mass is 10.1. The molecule has 76 valence electrons. The van der Waals surface area contributed by atoms with Gasteiger partial charge in [0.2, 0.25) is 0 Å². The summed E-state index contributed by atoms with van der Waals surface area (Å²) in [5.74, 6) is 5.26. The molecule has 0 atom stereocenters. The standard InChI is InChI=1S/C10H10N4O/c11-12-5-7-6-13-14-10(7)8-3-1-2-4-9(8)15/h1-6,15H,11H2,(H,13,14). The highest BCUT2D eigenvalue weighted by molar-refractivity contribution is 5.89. The van der Waals surface area contributed by atoms with Crippen molar-refractivity contribution in [2.75, 3.05) is 0 Å². The molecule has 5 heteroatoms. The summed E-state index contributed by atoms with van der Waals surface area (Å²) in [4.78, 5) is 0. The van der Waals surface area contributed by atoms with E-state index in [1.165, 1.54) is 6.21 Å². The SMILES string of the molecule is NN=Cc1cn[nH]c1-c1ccccc1O. The molecular formula is C10H10N4O. The summed E-state index contributed by atoms with van der Waals surface area (Å²) in [6.45, 7) is 0. The average molecular weight is 202 g/mol. The number of aromatic amines is 1. The largest absolute Gasteiger partial charge is 0.507 e. The van der Waals surface area contributed by atoms with E-state index in [-0.39, 0.29) is 5.75 Å². The number of benzene rings is 1. The van der Waals surface area contributed by atoms with E-state index in [4.69, 9.17) is 5.84 Å². The van der Waals surface area contributed by atoms with E-state index in [1.807, 2.05) is 6.07 Å². The number of hydrazone groups is 1. The number of hydrogen-bond acceptors (Lipinski definition) is 4. The number of hydrogen-bond donors (Lipinski definition) is 3. The zero-order chi connectivity index (χ0) is 10.7. The van der Waals surface area contributed by atoms with Crippen molar-refractivity contribution in [3.8, 4) is 17.0 Å². The van der Waals surface area contributed by atoms with E-state index < -0.39 is 0 Å². The van der Waals surface area contributed by atoms with Crippen LogP contribution in [0.1, 0.15) is 5.56 Å². The number of rotatable bonds is 2. The Labute approximate surface area is 86.3 Å². The Balaban J connectivity index is 2.54. The second-order valence-corrected chi connectivity index (χ2v) is 3.00. The number of phenolic OH excluding ortho intramolecular Hbond substituents is 1. The number of aromatic nitrogens is 2. The van der Waals surface area contributed by atoms with E-state index in [2.05, 4.69) is 15.3 Å². The molecule has 5 nitrogen and oxygen atoms in total. The fourth-order valence-electron chi connectivity index (χ4n) is 1.37. The maximum atomic E-state index is 9.65. The van der Waals surface area contributed by atoms with Gasteiger partial charge in [0.15, 0.2) is 0 Å². The Morgan fingerprint density at radius 1 is 1.40 bits per heavy atom. The smallest absolute Gasteiger partial charge is 0.124 e. The summed E-state index contributed by atoms with van der Waals surface area (Å²) in [7, 11) is 0. The van der Waals surface area contributed by atoms with Gasteiger partial charge in [-0.1, -0.05) is 12.1 Å². The number of H-pyrrole nitrogens is 1. The van der Waals surface area contributed by atoms with Crippen LogP contribution in [-0.4, -0.2) is 21.5 Å². The van der Waals surface area contributed by atoms with Crippen LogP contribution in [-0.2, 0) is 0 Å². The molecule has 2 rings (SSSR count). The van der Waals surface area contributed by atoms with Gasteiger partial charge in [-0.05, 0) is 12.1 Å². The van der Waals surface area contributed by atoms with Crippen molar-refractivity contribution in [2.45, 2.75) is 0 Å². The Morgan fingerprint density at radius 2 is 2.20 bits per heavy atom. The molecule has 0 radical (unpaired) electrons. The number of nitrogens with one attached hydrogen (secondary N) is 1. The van der Waals surface area contributed by atoms with Crippen molar-refractivity contribution in [3.63, 3.8) is 0 Å². The van der Waals surface area contributed by atoms with Gasteiger partial charge in [0.25, 0.3) is 0 Å². The van der Waals surface area contributed by atoms with E-state index in [0.29, 0.717) is 11.3 Å². The molecule has 0 saturated heterocycles. The first-order valence-electron chi connectivity index (χ1n) is 4.38. The average Bonchev–Trinajstić information content (AvgIpc) is 2.67. The van der Waals surface area contributed by atoms with E-state index in [0.717, 1.165) is 5.56 Å². The van der Waals surface area contributed by atoms with Crippen molar-refractivity contribution >= 4 is 6.21 Å². The third kappa shape index (κ3) is 1.67. The molecular weight excluding hydrogens is 192 g/mol. The molecule has 0 bridgehead atoms. The van der Waals surface area contributed by atoms with Crippen LogP contribution in [0.25, 0.3) is 11.3 Å². The molecule has 0 spiro atoms. The van der Waals surface area contributed by atoms with Crippen LogP contribution in [0, 0.1) is 0 Å². The summed E-state index contributed by atoms with van der Waals surface area (Å²) in [6, 6.07) is 6.99. The summed E-state index contributed by atoms with van der Waals surface area (Å²) < 4.78 is 0. The van der Waals surface area contributed by atoms with Gasteiger partial charge in [0, 0.05) is 11.1 Å². The van der Waals surface area contributed by atoms with Gasteiger partial charge in [-0.3, -0.25) is 5.10 Å². The van der Waals surface area contributed by atoms with Crippen LogP contribution < -0.4 is 5.84 Å². The van der Waals surface area contributed by atoms with E-state index >= 15 is 0 Å². The Hall–Kier alpha value is -2.30. The lowest BCUT2D eigenvalue weighted by Crippen LogP contribution is -1.88. The highest BCUT2D eigenvalue weighted by Crippen LogP contribution is 2.28. The second kappa shape index (κ2) is 3.83. The van der Waals surface area contributed by atoms with Crippen molar-refractivity contribution in [1.82, 2.24) is 10.2 Å². The van der Waals surface area contributed by atoms with Crippen LogP contribution in [0.5, 0.6) is 5.75 Å². The van der Waals surface area contributed by atoms with Gasteiger partial charge in [-0.15, -0.1) is 0 Å². The summed E-state index contributed by atoms with van der Waals surface area (Å²) >= 11 is 0. The van der Waals surface area contributed by atoms with Crippen LogP contribution in [0.2, 0.25) is 0 Å². The first-order valence-corrected chi connectivity index (χ1v) is 4.38. The molecule has 15 heavy (non-hydrogen) atoms. The third-order valence-electron chi connectivity index (χ3n) is 2.06. The molecule has 1 heterocycles. The number of nitrogens with two attached hydrogens (primary N) is 1. The first-order chi connectivity index (χ1) is 7.33. The predicted molar refractivity (Wildman–Crippen MR) is 57.5 cm³/mol. The molecule has 1 aromatic carbocycles. The van der Waals surface area contributed by atoms with Gasteiger partial charge in [0.05, 0.1) is 18.1 Å². The molecule has 0 saturated carbocycles. The van der Waals surface area contributed by atoms with Gasteiger partial charge in [-0.25, -0.2) is 0 Å². The highest BCUT2D eigenvalue weighted by atomic mass is 16.3. The van der Waals surface area contributed by atoms with Crippen molar-refractivity contribution in [3.05, 3.63) is 36.0 Å². The maximum Gasteiger partial charge on any atom is 0.124 e. The minimum absolute atomic E-state index is 0.188. The van der Waals surface area contributed by atoms with Crippen LogP contribution in [0.4, 0.5) is 0 Å². The predicted octanol–water partition coefficient (Wildman–Crippen LogP) is 1.07. The first kappa shape index (κ1) is 9.26. The Kier molecular flexibility index (Phi) is 2.37. The van der Waals surface area contributed by atoms with E-state index in [1.54, 1.807) is 24.4 Å². The number of nitrogens with zero attached hydrogens (tertiary/aromatic N) is 2. The van der Waals surface area contributed by atoms with Gasteiger partial charge >= 0.3 is 0 Å². The third-order valence-corrected chi connectivity index (χ3v) is 2.06. The second-order valence-electron chi connectivity index (χ2n) is 3.00. The van der Waals surface area contributed by atoms with Crippen LogP contribution in [0.15, 0.2) is 35.6 Å². The zero-order valence-electron chi connectivity index (χ0n) is 7.88. The number of phenols is 1. The fourth-order valence-corrected chi connectivity index (χ4v) is 1.37. The van der Waals surface area contributed by atoms with Crippen molar-refractivity contribution < 1.29 is 5.11 Å². The van der Waals surface area contributed by atoms with E-state index in [9.17, 15) is 5.11 Å².